The number of thioether (sulfide) groups is 2. The van der Waals surface area contributed by atoms with Crippen LogP contribution >= 0.6 is 46.2 Å². The summed E-state index contributed by atoms with van der Waals surface area (Å²) in [5.74, 6) is 0.752. The van der Waals surface area contributed by atoms with Gasteiger partial charge in [0.1, 0.15) is 5.52 Å². The molecule has 0 spiro atoms. The van der Waals surface area contributed by atoms with Crippen molar-refractivity contribution in [1.29, 1.82) is 0 Å². The quantitative estimate of drug-likeness (QED) is 0.152. The van der Waals surface area contributed by atoms with Crippen LogP contribution in [0.4, 0.5) is 11.4 Å². The first-order valence-corrected chi connectivity index (χ1v) is 16.7. The van der Waals surface area contributed by atoms with Gasteiger partial charge in [-0.05, 0) is 66.7 Å². The average molecular weight is 640 g/mol. The molecule has 2 amide bonds. The third-order valence-corrected chi connectivity index (χ3v) is 10.6. The summed E-state index contributed by atoms with van der Waals surface area (Å²) in [4.78, 5) is 38.8. The van der Waals surface area contributed by atoms with E-state index >= 15 is 0 Å². The van der Waals surface area contributed by atoms with Gasteiger partial charge in [0.05, 0.1) is 31.9 Å². The molecular weight excluding hydrogens is 619 g/mol. The number of nitrogens with zero attached hydrogens (tertiary/aromatic N) is 3. The molecule has 0 bridgehead atoms. The predicted octanol–water partition coefficient (Wildman–Crippen LogP) is 8.18. The molecule has 4 aromatic carbocycles. The number of carbonyl (C=O) groups excluding carboxylic acids is 2. The van der Waals surface area contributed by atoms with Crippen LogP contribution in [0.5, 0.6) is 0 Å². The van der Waals surface area contributed by atoms with Crippen LogP contribution in [-0.4, -0.2) is 38.3 Å². The summed E-state index contributed by atoms with van der Waals surface area (Å²) in [6, 6.07) is 28.6. The summed E-state index contributed by atoms with van der Waals surface area (Å²) in [6.07, 6.45) is 0. The van der Waals surface area contributed by atoms with Crippen LogP contribution in [0.1, 0.15) is 0 Å². The van der Waals surface area contributed by atoms with E-state index < -0.39 is 0 Å². The SMILES string of the molecule is O=C(CSc1nc2ccccc2s1)Nc1ccc(-c2nc3cc(NC(=O)CSc4nc5ccccc5s4)ccc3o2)cc1. The van der Waals surface area contributed by atoms with Crippen molar-refractivity contribution in [2.45, 2.75) is 8.68 Å². The molecule has 0 aliphatic heterocycles. The minimum absolute atomic E-state index is 0.105. The Morgan fingerprint density at radius 3 is 1.81 bits per heavy atom. The third-order valence-electron chi connectivity index (χ3n) is 6.29. The van der Waals surface area contributed by atoms with Crippen molar-refractivity contribution < 1.29 is 14.0 Å². The second-order valence-corrected chi connectivity index (χ2v) is 13.9. The summed E-state index contributed by atoms with van der Waals surface area (Å²) in [7, 11) is 0. The Hall–Kier alpha value is -4.23. The average Bonchev–Trinajstić information content (AvgIpc) is 3.75. The number of nitrogens with one attached hydrogen (secondary N) is 2. The summed E-state index contributed by atoms with van der Waals surface area (Å²) < 4.78 is 9.90. The van der Waals surface area contributed by atoms with E-state index in [1.54, 1.807) is 40.9 Å². The van der Waals surface area contributed by atoms with E-state index in [0.29, 0.717) is 28.4 Å². The number of rotatable bonds is 9. The maximum atomic E-state index is 12.6. The van der Waals surface area contributed by atoms with Gasteiger partial charge in [-0.25, -0.2) is 15.0 Å². The normalized spacial score (nSPS) is 11.3. The summed E-state index contributed by atoms with van der Waals surface area (Å²) in [5, 5.41) is 5.86. The predicted molar refractivity (Wildman–Crippen MR) is 177 cm³/mol. The highest BCUT2D eigenvalue weighted by molar-refractivity contribution is 8.02. The van der Waals surface area contributed by atoms with Gasteiger partial charge >= 0.3 is 0 Å². The number of amides is 2. The molecule has 3 heterocycles. The lowest BCUT2D eigenvalue weighted by Crippen LogP contribution is -2.13. The van der Waals surface area contributed by atoms with Gasteiger partial charge in [0.2, 0.25) is 17.7 Å². The van der Waals surface area contributed by atoms with E-state index in [2.05, 4.69) is 25.6 Å². The van der Waals surface area contributed by atoms with E-state index in [1.165, 1.54) is 23.5 Å². The largest absolute Gasteiger partial charge is 0.436 e. The molecule has 0 atom stereocenters. The number of hydrogen-bond acceptors (Lipinski definition) is 10. The van der Waals surface area contributed by atoms with E-state index in [-0.39, 0.29) is 23.3 Å². The van der Waals surface area contributed by atoms with E-state index in [9.17, 15) is 9.59 Å². The highest BCUT2D eigenvalue weighted by Crippen LogP contribution is 2.31. The second-order valence-electron chi connectivity index (χ2n) is 9.35. The zero-order chi connectivity index (χ0) is 29.2. The smallest absolute Gasteiger partial charge is 0.234 e. The number of hydrogen-bond donors (Lipinski definition) is 2. The van der Waals surface area contributed by atoms with Crippen LogP contribution in [0.25, 0.3) is 43.0 Å². The van der Waals surface area contributed by atoms with E-state index in [0.717, 1.165) is 34.7 Å². The first kappa shape index (κ1) is 27.6. The molecule has 43 heavy (non-hydrogen) atoms. The van der Waals surface area contributed by atoms with Crippen molar-refractivity contribution in [1.82, 2.24) is 15.0 Å². The van der Waals surface area contributed by atoms with Gasteiger partial charge in [-0.2, -0.15) is 0 Å². The number of anilines is 2. The Kier molecular flexibility index (Phi) is 7.81. The number of carbonyl (C=O) groups is 2. The van der Waals surface area contributed by atoms with Crippen molar-refractivity contribution in [2.75, 3.05) is 22.1 Å². The van der Waals surface area contributed by atoms with Gasteiger partial charge < -0.3 is 15.1 Å². The Bertz CT molecular complexity index is 2040. The number of fused-ring (bicyclic) bond motifs is 3. The number of benzene rings is 4. The Morgan fingerprint density at radius 1 is 0.651 bits per heavy atom. The van der Waals surface area contributed by atoms with Crippen molar-refractivity contribution in [2.24, 2.45) is 0 Å². The highest BCUT2D eigenvalue weighted by atomic mass is 32.2. The lowest BCUT2D eigenvalue weighted by molar-refractivity contribution is -0.114. The second kappa shape index (κ2) is 12.2. The fraction of sp³-hybridized carbons (Fsp3) is 0.0645. The van der Waals surface area contributed by atoms with E-state index in [4.69, 9.17) is 4.42 Å². The molecule has 8 nitrogen and oxygen atoms in total. The fourth-order valence-corrected chi connectivity index (χ4v) is 8.04. The third kappa shape index (κ3) is 6.42. The molecule has 0 radical (unpaired) electrons. The molecular formula is C31H21N5O3S4. The minimum atomic E-state index is -0.122. The van der Waals surface area contributed by atoms with Gasteiger partial charge in [0.25, 0.3) is 0 Å². The number of para-hydroxylation sites is 2. The summed E-state index contributed by atoms with van der Waals surface area (Å²) >= 11 is 6.00. The zero-order valence-electron chi connectivity index (χ0n) is 22.3. The number of oxazole rings is 1. The zero-order valence-corrected chi connectivity index (χ0v) is 25.5. The molecule has 7 aromatic rings. The van der Waals surface area contributed by atoms with Gasteiger partial charge in [-0.3, -0.25) is 9.59 Å². The summed E-state index contributed by atoms with van der Waals surface area (Å²) in [6.45, 7) is 0. The molecule has 12 heteroatoms. The first-order valence-electron chi connectivity index (χ1n) is 13.1. The Labute approximate surface area is 262 Å². The lowest BCUT2D eigenvalue weighted by Gasteiger charge is -2.04. The van der Waals surface area contributed by atoms with Crippen LogP contribution in [0.15, 0.2) is 104 Å². The molecule has 0 fully saturated rings. The van der Waals surface area contributed by atoms with Crippen molar-refractivity contribution in [3.8, 4) is 11.5 Å². The maximum absolute atomic E-state index is 12.6. The molecule has 0 aliphatic carbocycles. The molecule has 0 aliphatic rings. The molecule has 7 rings (SSSR count). The van der Waals surface area contributed by atoms with Crippen molar-refractivity contribution in [3.63, 3.8) is 0 Å². The first-order chi connectivity index (χ1) is 21.1. The van der Waals surface area contributed by atoms with Gasteiger partial charge in [0.15, 0.2) is 14.3 Å². The van der Waals surface area contributed by atoms with E-state index in [1.807, 2.05) is 72.8 Å². The van der Waals surface area contributed by atoms with Crippen LogP contribution in [0, 0.1) is 0 Å². The fourth-order valence-electron chi connectivity index (χ4n) is 4.30. The lowest BCUT2D eigenvalue weighted by atomic mass is 10.2. The molecule has 0 unspecified atom stereocenters. The van der Waals surface area contributed by atoms with Gasteiger partial charge in [0, 0.05) is 16.9 Å². The van der Waals surface area contributed by atoms with Crippen LogP contribution < -0.4 is 10.6 Å². The van der Waals surface area contributed by atoms with Crippen molar-refractivity contribution >= 4 is 101 Å². The standard InChI is InChI=1S/C31H21N5O3S4/c37-27(16-40-30-35-21-5-1-3-7-25(21)42-30)32-19-11-9-18(10-12-19)29-34-23-15-20(13-14-24(23)39-29)33-28(38)17-41-31-36-22-6-2-4-8-26(22)43-31/h1-15H,16-17H2,(H,32,37)(H,33,38). The van der Waals surface area contributed by atoms with Gasteiger partial charge in [-0.1, -0.05) is 47.8 Å². The number of thiazole rings is 2. The molecule has 212 valence electrons. The number of aromatic nitrogens is 3. The molecule has 0 saturated carbocycles. The molecule has 2 N–H and O–H groups in total. The van der Waals surface area contributed by atoms with Crippen LogP contribution in [-0.2, 0) is 9.59 Å². The van der Waals surface area contributed by atoms with Crippen molar-refractivity contribution in [3.05, 3.63) is 91.0 Å². The topological polar surface area (TPSA) is 110 Å². The maximum Gasteiger partial charge on any atom is 0.234 e. The van der Waals surface area contributed by atoms with Crippen LogP contribution in [0.2, 0.25) is 0 Å². The Balaban J connectivity index is 0.942. The molecule has 3 aromatic heterocycles. The monoisotopic (exact) mass is 639 g/mol. The van der Waals surface area contributed by atoms with Crippen LogP contribution in [0.3, 0.4) is 0 Å². The van der Waals surface area contributed by atoms with Gasteiger partial charge in [-0.15, -0.1) is 22.7 Å². The Morgan fingerprint density at radius 2 is 1.21 bits per heavy atom. The summed E-state index contributed by atoms with van der Waals surface area (Å²) in [5.41, 5.74) is 5.24. The molecule has 0 saturated heterocycles. The highest BCUT2D eigenvalue weighted by Gasteiger charge is 2.13. The minimum Gasteiger partial charge on any atom is -0.436 e.